The number of piperidine rings is 1. The number of amides is 2. The van der Waals surface area contributed by atoms with Gasteiger partial charge in [0.05, 0.1) is 0 Å². The van der Waals surface area contributed by atoms with Crippen molar-refractivity contribution in [2.24, 2.45) is 5.73 Å². The fraction of sp³-hybridized carbons (Fsp3) is 0.391. The third-order valence-corrected chi connectivity index (χ3v) is 5.82. The van der Waals surface area contributed by atoms with Crippen LogP contribution in [0.4, 0.5) is 0 Å². The van der Waals surface area contributed by atoms with E-state index in [1.807, 2.05) is 42.2 Å². The zero-order valence-corrected chi connectivity index (χ0v) is 18.0. The summed E-state index contributed by atoms with van der Waals surface area (Å²) in [5.41, 5.74) is 7.07. The molecule has 3 aromatic rings. The molecule has 1 fully saturated rings. The molecule has 6 nitrogen and oxygen atoms in total. The van der Waals surface area contributed by atoms with Crippen LogP contribution in [0.2, 0.25) is 0 Å². The first-order chi connectivity index (χ1) is 14.1. The second-order valence-corrected chi connectivity index (χ2v) is 7.71. The number of carbonyl (C=O) groups is 2. The van der Waals surface area contributed by atoms with Crippen molar-refractivity contribution >= 4 is 46.0 Å². The number of benzene rings is 2. The van der Waals surface area contributed by atoms with Gasteiger partial charge in [0.15, 0.2) is 5.76 Å². The maximum Gasteiger partial charge on any atom is 0.290 e. The number of nitrogens with one attached hydrogen (secondary N) is 1. The van der Waals surface area contributed by atoms with Gasteiger partial charge in [-0.2, -0.15) is 0 Å². The van der Waals surface area contributed by atoms with Crippen LogP contribution >= 0.6 is 12.4 Å². The second kappa shape index (κ2) is 9.49. The molecule has 0 aliphatic carbocycles. The van der Waals surface area contributed by atoms with E-state index in [1.165, 1.54) is 0 Å². The number of aryl methyl sites for hydroxylation is 1. The van der Waals surface area contributed by atoms with E-state index in [1.54, 1.807) is 0 Å². The number of likely N-dealkylation sites (tertiary alicyclic amines) is 1. The second-order valence-electron chi connectivity index (χ2n) is 7.71. The fourth-order valence-electron chi connectivity index (χ4n) is 4.21. The Labute approximate surface area is 182 Å². The Hall–Kier alpha value is -2.57. The lowest BCUT2D eigenvalue weighted by atomic mass is 10.0. The summed E-state index contributed by atoms with van der Waals surface area (Å²) < 4.78 is 6.14. The Morgan fingerprint density at radius 2 is 1.97 bits per heavy atom. The summed E-state index contributed by atoms with van der Waals surface area (Å²) in [6.45, 7) is 3.39. The Kier molecular flexibility index (Phi) is 7.00. The fourth-order valence-corrected chi connectivity index (χ4v) is 4.21. The minimum absolute atomic E-state index is 0. The first-order valence-electron chi connectivity index (χ1n) is 10.3. The molecule has 1 aromatic heterocycles. The summed E-state index contributed by atoms with van der Waals surface area (Å²) in [4.78, 5) is 27.1. The van der Waals surface area contributed by atoms with Crippen molar-refractivity contribution in [1.29, 1.82) is 0 Å². The lowest BCUT2D eigenvalue weighted by Crippen LogP contribution is -2.49. The van der Waals surface area contributed by atoms with E-state index in [0.717, 1.165) is 46.6 Å². The quantitative estimate of drug-likeness (QED) is 0.646. The van der Waals surface area contributed by atoms with E-state index in [-0.39, 0.29) is 30.3 Å². The topological polar surface area (TPSA) is 88.6 Å². The molecule has 0 saturated carbocycles. The summed E-state index contributed by atoms with van der Waals surface area (Å²) in [6.07, 6.45) is 3.18. The molecule has 30 heavy (non-hydrogen) atoms. The van der Waals surface area contributed by atoms with Crippen molar-refractivity contribution in [2.45, 2.75) is 38.6 Å². The number of halogens is 1. The molecule has 1 aliphatic heterocycles. The van der Waals surface area contributed by atoms with Crippen molar-refractivity contribution in [2.75, 3.05) is 19.6 Å². The third-order valence-electron chi connectivity index (χ3n) is 5.82. The van der Waals surface area contributed by atoms with Gasteiger partial charge in [-0.15, -0.1) is 12.4 Å². The van der Waals surface area contributed by atoms with Gasteiger partial charge < -0.3 is 20.4 Å². The van der Waals surface area contributed by atoms with Gasteiger partial charge in [-0.3, -0.25) is 9.59 Å². The first-order valence-corrected chi connectivity index (χ1v) is 10.3. The van der Waals surface area contributed by atoms with E-state index in [2.05, 4.69) is 11.4 Å². The van der Waals surface area contributed by atoms with Crippen LogP contribution in [0.3, 0.4) is 0 Å². The molecule has 2 aromatic carbocycles. The van der Waals surface area contributed by atoms with Crippen LogP contribution < -0.4 is 11.1 Å². The highest BCUT2D eigenvalue weighted by atomic mass is 35.5. The van der Waals surface area contributed by atoms with Crippen LogP contribution in [0, 0.1) is 6.92 Å². The summed E-state index contributed by atoms with van der Waals surface area (Å²) in [7, 11) is 0. The number of nitrogens with two attached hydrogens (primary N) is 1. The van der Waals surface area contributed by atoms with E-state index < -0.39 is 0 Å². The van der Waals surface area contributed by atoms with E-state index >= 15 is 0 Å². The zero-order valence-electron chi connectivity index (χ0n) is 17.1. The van der Waals surface area contributed by atoms with Gasteiger partial charge in [0.1, 0.15) is 5.58 Å². The molecule has 1 saturated heterocycles. The average molecular weight is 430 g/mol. The lowest BCUT2D eigenvalue weighted by Gasteiger charge is -2.35. The standard InChI is InChI=1S/C23H27N3O3.ClH/c1-15-18-10-9-16-6-2-3-8-19(16)22(18)29-21(15)23(28)26-13-5-4-7-17(26)14-25-20(27)11-12-24;/h2-3,6,8-10,17H,4-5,7,11-14,24H2,1H3,(H,25,27);1H. The number of nitrogens with zero attached hydrogens (tertiary/aromatic N) is 1. The molecular formula is C23H28ClN3O3. The Morgan fingerprint density at radius 1 is 1.17 bits per heavy atom. The zero-order chi connectivity index (χ0) is 20.4. The molecule has 0 radical (unpaired) electrons. The Morgan fingerprint density at radius 3 is 2.77 bits per heavy atom. The molecular weight excluding hydrogens is 402 g/mol. The molecule has 1 unspecified atom stereocenters. The highest BCUT2D eigenvalue weighted by molar-refractivity contribution is 6.08. The highest BCUT2D eigenvalue weighted by Crippen LogP contribution is 2.33. The molecule has 2 amide bonds. The Balaban J connectivity index is 0.00000256. The number of rotatable bonds is 5. The normalized spacial score (nSPS) is 16.5. The molecule has 0 spiro atoms. The molecule has 0 bridgehead atoms. The van der Waals surface area contributed by atoms with Crippen LogP contribution in [0.1, 0.15) is 41.8 Å². The summed E-state index contributed by atoms with van der Waals surface area (Å²) >= 11 is 0. The number of carbonyl (C=O) groups excluding carboxylic acids is 2. The summed E-state index contributed by atoms with van der Waals surface area (Å²) in [6, 6.07) is 12.1. The van der Waals surface area contributed by atoms with Crippen LogP contribution in [-0.4, -0.2) is 42.4 Å². The van der Waals surface area contributed by atoms with Crippen molar-refractivity contribution in [3.05, 3.63) is 47.7 Å². The van der Waals surface area contributed by atoms with Crippen LogP contribution in [-0.2, 0) is 4.79 Å². The average Bonchev–Trinajstić information content (AvgIpc) is 3.09. The molecule has 3 N–H and O–H groups in total. The van der Waals surface area contributed by atoms with Gasteiger partial charge >= 0.3 is 0 Å². The molecule has 4 rings (SSSR count). The van der Waals surface area contributed by atoms with Gasteiger partial charge in [-0.05, 0) is 31.6 Å². The van der Waals surface area contributed by atoms with E-state index in [0.29, 0.717) is 31.8 Å². The van der Waals surface area contributed by atoms with Crippen LogP contribution in [0.5, 0.6) is 0 Å². The largest absolute Gasteiger partial charge is 0.450 e. The van der Waals surface area contributed by atoms with E-state index in [9.17, 15) is 9.59 Å². The number of hydrogen-bond donors (Lipinski definition) is 2. The minimum atomic E-state index is -0.0967. The van der Waals surface area contributed by atoms with Gasteiger partial charge in [0.2, 0.25) is 5.91 Å². The third kappa shape index (κ3) is 4.16. The van der Waals surface area contributed by atoms with Crippen molar-refractivity contribution in [1.82, 2.24) is 10.2 Å². The predicted octanol–water partition coefficient (Wildman–Crippen LogP) is 3.78. The molecule has 1 atom stereocenters. The first kappa shape index (κ1) is 22.1. The van der Waals surface area contributed by atoms with Crippen molar-refractivity contribution in [3.8, 4) is 0 Å². The molecule has 2 heterocycles. The lowest BCUT2D eigenvalue weighted by molar-refractivity contribution is -0.121. The maximum atomic E-state index is 13.4. The summed E-state index contributed by atoms with van der Waals surface area (Å²) in [5, 5.41) is 5.98. The molecule has 1 aliphatic rings. The molecule has 7 heteroatoms. The predicted molar refractivity (Wildman–Crippen MR) is 121 cm³/mol. The van der Waals surface area contributed by atoms with E-state index in [4.69, 9.17) is 10.2 Å². The van der Waals surface area contributed by atoms with Crippen molar-refractivity contribution in [3.63, 3.8) is 0 Å². The summed E-state index contributed by atoms with van der Waals surface area (Å²) in [5.74, 6) is 0.231. The molecule has 160 valence electrons. The van der Waals surface area contributed by atoms with Gasteiger partial charge in [0, 0.05) is 48.4 Å². The number of fused-ring (bicyclic) bond motifs is 3. The van der Waals surface area contributed by atoms with Gasteiger partial charge in [-0.1, -0.05) is 36.4 Å². The van der Waals surface area contributed by atoms with Gasteiger partial charge in [0.25, 0.3) is 5.91 Å². The SMILES string of the molecule is Cc1c(C(=O)N2CCCCC2CNC(=O)CCN)oc2c1ccc1ccccc12.Cl. The van der Waals surface area contributed by atoms with Crippen LogP contribution in [0.15, 0.2) is 40.8 Å². The van der Waals surface area contributed by atoms with Crippen molar-refractivity contribution < 1.29 is 14.0 Å². The smallest absolute Gasteiger partial charge is 0.290 e. The number of hydrogen-bond acceptors (Lipinski definition) is 4. The number of furan rings is 1. The highest BCUT2D eigenvalue weighted by Gasteiger charge is 2.31. The van der Waals surface area contributed by atoms with Gasteiger partial charge in [-0.25, -0.2) is 0 Å². The van der Waals surface area contributed by atoms with Crippen LogP contribution in [0.25, 0.3) is 21.7 Å². The minimum Gasteiger partial charge on any atom is -0.450 e. The maximum absolute atomic E-state index is 13.4. The monoisotopic (exact) mass is 429 g/mol. The Bertz CT molecular complexity index is 1060.